The molecule has 1 aromatic heterocycles. The summed E-state index contributed by atoms with van der Waals surface area (Å²) in [6.45, 7) is 7.94. The Morgan fingerprint density at radius 2 is 2.10 bits per heavy atom. The zero-order valence-electron chi connectivity index (χ0n) is 13.2. The number of hydrogen-bond donors (Lipinski definition) is 1. The molecule has 0 bridgehead atoms. The maximum atomic E-state index is 12.7. The van der Waals surface area contributed by atoms with Crippen LogP contribution in [0.4, 0.5) is 0 Å². The van der Waals surface area contributed by atoms with Crippen molar-refractivity contribution in [3.8, 4) is 11.8 Å². The van der Waals surface area contributed by atoms with E-state index in [2.05, 4.69) is 25.7 Å². The number of amides is 1. The summed E-state index contributed by atoms with van der Waals surface area (Å²) >= 11 is 1.45. The Morgan fingerprint density at radius 3 is 2.67 bits per heavy atom. The van der Waals surface area contributed by atoms with Crippen LogP contribution < -0.4 is 0 Å². The van der Waals surface area contributed by atoms with Crippen molar-refractivity contribution in [2.75, 3.05) is 19.7 Å². The Hall–Kier alpha value is -1.31. The number of aliphatic hydroxyl groups is 1. The van der Waals surface area contributed by atoms with Crippen LogP contribution in [0.5, 0.6) is 0 Å². The highest BCUT2D eigenvalue weighted by molar-refractivity contribution is 7.12. The fourth-order valence-electron chi connectivity index (χ4n) is 2.14. The normalized spacial score (nSPS) is 10.3. The van der Waals surface area contributed by atoms with Gasteiger partial charge in [-0.15, -0.1) is 11.3 Å². The molecule has 0 saturated carbocycles. The first-order chi connectivity index (χ1) is 10.2. The van der Waals surface area contributed by atoms with Gasteiger partial charge in [0, 0.05) is 25.1 Å². The monoisotopic (exact) mass is 307 g/mol. The van der Waals surface area contributed by atoms with E-state index in [1.807, 2.05) is 23.3 Å². The van der Waals surface area contributed by atoms with Crippen LogP contribution in [0.3, 0.4) is 0 Å². The van der Waals surface area contributed by atoms with Gasteiger partial charge >= 0.3 is 0 Å². The molecule has 4 heteroatoms. The van der Waals surface area contributed by atoms with Gasteiger partial charge in [0.15, 0.2) is 0 Å². The predicted octanol–water partition coefficient (Wildman–Crippen LogP) is 3.38. The van der Waals surface area contributed by atoms with Gasteiger partial charge in [-0.25, -0.2) is 0 Å². The second kappa shape index (κ2) is 9.59. The number of thiophene rings is 1. The fraction of sp³-hybridized carbons (Fsp3) is 0.588. The first-order valence-corrected chi connectivity index (χ1v) is 8.52. The molecule has 1 N–H and O–H groups in total. The molecule has 3 nitrogen and oxygen atoms in total. The van der Waals surface area contributed by atoms with Gasteiger partial charge in [-0.2, -0.15) is 0 Å². The summed E-state index contributed by atoms with van der Waals surface area (Å²) in [5.41, 5.74) is 0.779. The lowest BCUT2D eigenvalue weighted by molar-refractivity contribution is 0.0739. The van der Waals surface area contributed by atoms with Crippen LogP contribution >= 0.6 is 11.3 Å². The summed E-state index contributed by atoms with van der Waals surface area (Å²) in [5.74, 6) is 6.51. The smallest absolute Gasteiger partial charge is 0.265 e. The van der Waals surface area contributed by atoms with E-state index in [1.54, 1.807) is 0 Å². The minimum absolute atomic E-state index is 0.0518. The van der Waals surface area contributed by atoms with Crippen molar-refractivity contribution in [1.29, 1.82) is 0 Å². The largest absolute Gasteiger partial charge is 0.395 e. The lowest BCUT2D eigenvalue weighted by atomic mass is 10.0. The van der Waals surface area contributed by atoms with Gasteiger partial charge in [-0.1, -0.05) is 38.5 Å². The molecule has 116 valence electrons. The highest BCUT2D eigenvalue weighted by atomic mass is 32.1. The predicted molar refractivity (Wildman–Crippen MR) is 88.5 cm³/mol. The summed E-state index contributed by atoms with van der Waals surface area (Å²) in [6, 6.07) is 1.88. The van der Waals surface area contributed by atoms with Crippen LogP contribution in [0.1, 0.15) is 55.3 Å². The lowest BCUT2D eigenvalue weighted by Gasteiger charge is -2.25. The summed E-state index contributed by atoms with van der Waals surface area (Å²) in [4.78, 5) is 15.3. The quantitative estimate of drug-likeness (QED) is 0.785. The van der Waals surface area contributed by atoms with Crippen molar-refractivity contribution in [2.24, 2.45) is 5.92 Å². The maximum absolute atomic E-state index is 12.7. The lowest BCUT2D eigenvalue weighted by Crippen LogP contribution is -2.35. The Morgan fingerprint density at radius 1 is 1.38 bits per heavy atom. The van der Waals surface area contributed by atoms with Gasteiger partial charge in [0.2, 0.25) is 0 Å². The van der Waals surface area contributed by atoms with Gasteiger partial charge in [0.25, 0.3) is 5.91 Å². The van der Waals surface area contributed by atoms with Crippen molar-refractivity contribution in [3.05, 3.63) is 21.9 Å². The van der Waals surface area contributed by atoms with Crippen LogP contribution in [0.15, 0.2) is 11.4 Å². The SMILES string of the molecule is CCC(CC)CN(CC)C(=O)c1sccc1C#CCCO. The molecule has 0 fully saturated rings. The maximum Gasteiger partial charge on any atom is 0.265 e. The number of rotatable bonds is 7. The molecule has 0 radical (unpaired) electrons. The molecule has 0 saturated heterocycles. The number of carbonyl (C=O) groups excluding carboxylic acids is 1. The molecule has 0 aliphatic carbocycles. The van der Waals surface area contributed by atoms with Gasteiger partial charge in [-0.05, 0) is 24.3 Å². The molecule has 0 atom stereocenters. The third kappa shape index (κ3) is 5.18. The van der Waals surface area contributed by atoms with Crippen LogP contribution in [0.2, 0.25) is 0 Å². The molecular weight excluding hydrogens is 282 g/mol. The first kappa shape index (κ1) is 17.7. The van der Waals surface area contributed by atoms with Crippen molar-refractivity contribution in [1.82, 2.24) is 4.90 Å². The van der Waals surface area contributed by atoms with Gasteiger partial charge in [0.1, 0.15) is 4.88 Å². The Labute approximate surface area is 132 Å². The third-order valence-corrected chi connectivity index (χ3v) is 4.52. The molecule has 0 spiro atoms. The third-order valence-electron chi connectivity index (χ3n) is 3.62. The van der Waals surface area contributed by atoms with Gasteiger partial charge < -0.3 is 10.0 Å². The van der Waals surface area contributed by atoms with Crippen molar-refractivity contribution in [2.45, 2.75) is 40.0 Å². The summed E-state index contributed by atoms with van der Waals surface area (Å²) in [7, 11) is 0. The topological polar surface area (TPSA) is 40.5 Å². The standard InChI is InChI=1S/C17H25NO2S/c1-4-14(5-2)13-18(6-3)17(20)16-15(10-12-21-16)9-7-8-11-19/h10,12,14,19H,4-6,8,11,13H2,1-3H3. The van der Waals surface area contributed by atoms with Crippen molar-refractivity contribution >= 4 is 17.2 Å². The minimum atomic E-state index is 0.0518. The molecule has 0 unspecified atom stereocenters. The number of nitrogens with zero attached hydrogens (tertiary/aromatic N) is 1. The second-order valence-electron chi connectivity index (χ2n) is 4.97. The number of carbonyl (C=O) groups is 1. The van der Waals surface area contributed by atoms with Crippen LogP contribution in [0, 0.1) is 17.8 Å². The molecule has 1 heterocycles. The van der Waals surface area contributed by atoms with E-state index >= 15 is 0 Å². The Bertz CT molecular complexity index is 494. The van der Waals surface area contributed by atoms with E-state index in [0.717, 1.165) is 31.5 Å². The van der Waals surface area contributed by atoms with Gasteiger partial charge in [-0.3, -0.25) is 4.79 Å². The van der Waals surface area contributed by atoms with E-state index in [0.29, 0.717) is 17.2 Å². The molecule has 0 aliphatic heterocycles. The Balaban J connectivity index is 2.86. The van der Waals surface area contributed by atoms with E-state index in [9.17, 15) is 4.79 Å². The average molecular weight is 307 g/mol. The van der Waals surface area contributed by atoms with Crippen LogP contribution in [-0.4, -0.2) is 35.6 Å². The minimum Gasteiger partial charge on any atom is -0.395 e. The van der Waals surface area contributed by atoms with E-state index in [-0.39, 0.29) is 12.5 Å². The van der Waals surface area contributed by atoms with Crippen molar-refractivity contribution in [3.63, 3.8) is 0 Å². The highest BCUT2D eigenvalue weighted by Crippen LogP contribution is 2.20. The summed E-state index contributed by atoms with van der Waals surface area (Å²) in [5, 5.41) is 10.7. The zero-order valence-corrected chi connectivity index (χ0v) is 14.0. The van der Waals surface area contributed by atoms with E-state index in [4.69, 9.17) is 5.11 Å². The average Bonchev–Trinajstić information content (AvgIpc) is 2.97. The first-order valence-electron chi connectivity index (χ1n) is 7.64. The van der Waals surface area contributed by atoms with Crippen LogP contribution in [0.25, 0.3) is 0 Å². The highest BCUT2D eigenvalue weighted by Gasteiger charge is 2.20. The van der Waals surface area contributed by atoms with Crippen LogP contribution in [-0.2, 0) is 0 Å². The molecule has 21 heavy (non-hydrogen) atoms. The van der Waals surface area contributed by atoms with E-state index in [1.165, 1.54) is 11.3 Å². The molecule has 1 rings (SSSR count). The zero-order chi connectivity index (χ0) is 15.7. The second-order valence-corrected chi connectivity index (χ2v) is 5.88. The fourth-order valence-corrected chi connectivity index (χ4v) is 2.96. The molecular formula is C17H25NO2S. The summed E-state index contributed by atoms with van der Waals surface area (Å²) in [6.07, 6.45) is 2.62. The summed E-state index contributed by atoms with van der Waals surface area (Å²) < 4.78 is 0. The number of hydrogen-bond acceptors (Lipinski definition) is 3. The molecule has 1 amide bonds. The van der Waals surface area contributed by atoms with Gasteiger partial charge in [0.05, 0.1) is 6.61 Å². The molecule has 0 aliphatic rings. The van der Waals surface area contributed by atoms with Crippen molar-refractivity contribution < 1.29 is 9.90 Å². The molecule has 0 aromatic carbocycles. The Kier molecular flexibility index (Phi) is 8.11. The molecule has 1 aromatic rings. The van der Waals surface area contributed by atoms with E-state index < -0.39 is 0 Å². The number of aliphatic hydroxyl groups excluding tert-OH is 1.